The predicted molar refractivity (Wildman–Crippen MR) is 56.4 cm³/mol. The summed E-state index contributed by atoms with van der Waals surface area (Å²) in [7, 11) is 0. The van der Waals surface area contributed by atoms with E-state index in [1.165, 1.54) is 6.92 Å². The molecule has 16 heavy (non-hydrogen) atoms. The fraction of sp³-hybridized carbons (Fsp3) is 0.300. The smallest absolute Gasteiger partial charge is 0.340 e. The summed E-state index contributed by atoms with van der Waals surface area (Å²) >= 11 is 0. The predicted octanol–water partition coefficient (Wildman–Crippen LogP) is -0.759. The highest BCUT2D eigenvalue weighted by Crippen LogP contribution is 2.22. The molecule has 0 aliphatic heterocycles. The molecule has 3 N–H and O–H groups in total. The van der Waals surface area contributed by atoms with Crippen LogP contribution >= 0.6 is 0 Å². The van der Waals surface area contributed by atoms with Crippen LogP contribution in [0, 0.1) is 0 Å². The van der Waals surface area contributed by atoms with Crippen molar-refractivity contribution in [1.82, 2.24) is 0 Å². The third-order valence-electron chi connectivity index (χ3n) is 2.01. The summed E-state index contributed by atoms with van der Waals surface area (Å²) in [5.41, 5.74) is 2.89. The van der Waals surface area contributed by atoms with Crippen LogP contribution in [0.2, 0.25) is 0 Å². The van der Waals surface area contributed by atoms with Crippen LogP contribution in [-0.4, -0.2) is 17.7 Å². The largest absolute Gasteiger partial charge is 0.503 e. The number of esters is 1. The number of carbonyl (C=O) groups excluding carboxylic acids is 1. The molecule has 0 amide bonds. The van der Waals surface area contributed by atoms with Crippen molar-refractivity contribution >= 4 is 11.5 Å². The molecule has 0 spiro atoms. The second kappa shape index (κ2) is 4.18. The first-order valence-corrected chi connectivity index (χ1v) is 4.57. The lowest BCUT2D eigenvalue weighted by molar-refractivity contribution is -0.136. The van der Waals surface area contributed by atoms with Gasteiger partial charge in [0.05, 0.1) is 17.7 Å². The van der Waals surface area contributed by atoms with Gasteiger partial charge in [-0.2, -0.15) is 0 Å². The Morgan fingerprint density at radius 1 is 1.38 bits per heavy atom. The molecule has 0 heterocycles. The molecular formula is C10H11NO5. The van der Waals surface area contributed by atoms with Crippen LogP contribution in [0.3, 0.4) is 0 Å². The van der Waals surface area contributed by atoms with E-state index < -0.39 is 22.6 Å². The van der Waals surface area contributed by atoms with Gasteiger partial charge in [0.1, 0.15) is 0 Å². The summed E-state index contributed by atoms with van der Waals surface area (Å²) in [5, 5.41) is 9.19. The van der Waals surface area contributed by atoms with Gasteiger partial charge in [0.25, 0.3) is 5.43 Å². The van der Waals surface area contributed by atoms with E-state index in [0.29, 0.717) is 0 Å². The van der Waals surface area contributed by atoms with Crippen molar-refractivity contribution in [3.8, 4) is 5.75 Å². The molecule has 6 nitrogen and oxygen atoms in total. The average molecular weight is 225 g/mol. The summed E-state index contributed by atoms with van der Waals surface area (Å²) in [6.45, 7) is 3.07. The zero-order valence-electron chi connectivity index (χ0n) is 8.86. The molecule has 0 aromatic heterocycles. The maximum absolute atomic E-state index is 11.4. The Hall–Kier alpha value is -2.11. The molecule has 1 aromatic rings. The maximum atomic E-state index is 11.4. The second-order valence-electron chi connectivity index (χ2n) is 3.16. The molecule has 0 aliphatic rings. The van der Waals surface area contributed by atoms with E-state index in [9.17, 15) is 19.5 Å². The Balaban J connectivity index is 3.29. The number of allylic oxidation sites excluding steroid dienone is 1. The van der Waals surface area contributed by atoms with Gasteiger partial charge in [-0.3, -0.25) is 9.59 Å². The number of aromatic hydroxyl groups is 1. The third-order valence-corrected chi connectivity index (χ3v) is 2.01. The molecule has 86 valence electrons. The summed E-state index contributed by atoms with van der Waals surface area (Å²) in [6, 6.07) is 0. The van der Waals surface area contributed by atoms with Gasteiger partial charge in [-0.05, 0) is 13.8 Å². The monoisotopic (exact) mass is 225 g/mol. The number of hydrogen-bond acceptors (Lipinski definition) is 6. The third kappa shape index (κ3) is 1.69. The number of nitrogens with two attached hydrogens (primary N) is 1. The molecule has 0 atom stereocenters. The maximum Gasteiger partial charge on any atom is 0.340 e. The van der Waals surface area contributed by atoms with Crippen molar-refractivity contribution in [2.24, 2.45) is 5.73 Å². The standard InChI is InChI=1S/C10H11NO5/c1-3-16-10(15)5(4(2)11)6-7(12)9(14)8(6)13/h12H,3,11H2,1-2H3/b5-4-. The Bertz CT molecular complexity index is 530. The highest BCUT2D eigenvalue weighted by molar-refractivity contribution is 6.18. The van der Waals surface area contributed by atoms with Gasteiger partial charge in [-0.1, -0.05) is 0 Å². The summed E-state index contributed by atoms with van der Waals surface area (Å²) in [6.07, 6.45) is 0. The quantitative estimate of drug-likeness (QED) is 0.398. The van der Waals surface area contributed by atoms with Crippen LogP contribution in [-0.2, 0) is 9.53 Å². The lowest BCUT2D eigenvalue weighted by atomic mass is 9.98. The average Bonchev–Trinajstić information content (AvgIpc) is 2.23. The summed E-state index contributed by atoms with van der Waals surface area (Å²) in [5.74, 6) is -1.57. The first-order valence-electron chi connectivity index (χ1n) is 4.57. The van der Waals surface area contributed by atoms with E-state index >= 15 is 0 Å². The van der Waals surface area contributed by atoms with Crippen LogP contribution in [0.1, 0.15) is 19.4 Å². The molecule has 6 heteroatoms. The lowest BCUT2D eigenvalue weighted by Crippen LogP contribution is -2.36. The molecule has 0 radical (unpaired) electrons. The number of ether oxygens (including phenoxy) is 1. The molecule has 0 saturated heterocycles. The minimum Gasteiger partial charge on any atom is -0.503 e. The van der Waals surface area contributed by atoms with Crippen molar-refractivity contribution in [2.45, 2.75) is 13.8 Å². The van der Waals surface area contributed by atoms with Gasteiger partial charge in [-0.25, -0.2) is 4.79 Å². The van der Waals surface area contributed by atoms with Crippen molar-refractivity contribution < 1.29 is 14.6 Å². The van der Waals surface area contributed by atoms with E-state index in [-0.39, 0.29) is 23.4 Å². The molecule has 0 fully saturated rings. The highest BCUT2D eigenvalue weighted by Gasteiger charge is 2.29. The van der Waals surface area contributed by atoms with Gasteiger partial charge < -0.3 is 15.6 Å². The Morgan fingerprint density at radius 3 is 2.31 bits per heavy atom. The summed E-state index contributed by atoms with van der Waals surface area (Å²) in [4.78, 5) is 33.4. The van der Waals surface area contributed by atoms with E-state index in [0.717, 1.165) is 0 Å². The number of rotatable bonds is 3. The first kappa shape index (κ1) is 12.0. The molecule has 1 rings (SSSR count). The zero-order valence-corrected chi connectivity index (χ0v) is 8.86. The van der Waals surface area contributed by atoms with Crippen LogP contribution in [0.15, 0.2) is 15.3 Å². The van der Waals surface area contributed by atoms with E-state index in [4.69, 9.17) is 5.73 Å². The van der Waals surface area contributed by atoms with E-state index in [1.807, 2.05) is 0 Å². The molecule has 0 aliphatic carbocycles. The van der Waals surface area contributed by atoms with Crippen LogP contribution in [0.4, 0.5) is 0 Å². The fourth-order valence-electron chi connectivity index (χ4n) is 1.28. The van der Waals surface area contributed by atoms with Crippen LogP contribution in [0.5, 0.6) is 5.75 Å². The molecule has 0 unspecified atom stereocenters. The van der Waals surface area contributed by atoms with Gasteiger partial charge in [-0.15, -0.1) is 0 Å². The molecule has 1 aromatic carbocycles. The first-order chi connectivity index (χ1) is 7.41. The van der Waals surface area contributed by atoms with Crippen LogP contribution in [0.25, 0.3) is 5.57 Å². The summed E-state index contributed by atoms with van der Waals surface area (Å²) < 4.78 is 4.67. The van der Waals surface area contributed by atoms with Crippen molar-refractivity contribution in [3.05, 3.63) is 31.7 Å². The Kier molecular flexibility index (Phi) is 3.12. The number of carbonyl (C=O) groups is 1. The molecule has 0 saturated carbocycles. The van der Waals surface area contributed by atoms with Crippen molar-refractivity contribution in [1.29, 1.82) is 0 Å². The Labute approximate surface area is 90.6 Å². The normalized spacial score (nSPS) is 12.4. The van der Waals surface area contributed by atoms with Crippen molar-refractivity contribution in [3.63, 3.8) is 0 Å². The van der Waals surface area contributed by atoms with E-state index in [2.05, 4.69) is 4.74 Å². The second-order valence-corrected chi connectivity index (χ2v) is 3.16. The van der Waals surface area contributed by atoms with E-state index in [1.54, 1.807) is 6.92 Å². The topological polar surface area (TPSA) is 107 Å². The highest BCUT2D eigenvalue weighted by atomic mass is 16.5. The number of hydrogen-bond donors (Lipinski definition) is 2. The van der Waals surface area contributed by atoms with Gasteiger partial charge >= 0.3 is 5.97 Å². The zero-order chi connectivity index (χ0) is 12.5. The molecule has 0 bridgehead atoms. The molecular weight excluding hydrogens is 214 g/mol. The van der Waals surface area contributed by atoms with Crippen LogP contribution < -0.4 is 16.6 Å². The minimum absolute atomic E-state index is 0.0147. The van der Waals surface area contributed by atoms with Gasteiger partial charge in [0.15, 0.2) is 5.75 Å². The minimum atomic E-state index is -1.02. The lowest BCUT2D eigenvalue weighted by Gasteiger charge is -2.10. The van der Waals surface area contributed by atoms with Gasteiger partial charge in [0.2, 0.25) is 5.43 Å². The van der Waals surface area contributed by atoms with Crippen molar-refractivity contribution in [2.75, 3.05) is 6.61 Å². The Morgan fingerprint density at radius 2 is 1.94 bits per heavy atom. The fourth-order valence-corrected chi connectivity index (χ4v) is 1.28. The van der Waals surface area contributed by atoms with Gasteiger partial charge in [0, 0.05) is 5.70 Å². The SMILES string of the molecule is CCOC(=O)/C(=C(/C)N)c1c(O)c(=O)c1=O.